The maximum absolute atomic E-state index is 9.44. The summed E-state index contributed by atoms with van der Waals surface area (Å²) in [5, 5.41) is 6.28. The van der Waals surface area contributed by atoms with Crippen LogP contribution >= 0.6 is 0 Å². The van der Waals surface area contributed by atoms with Gasteiger partial charge in [0.2, 0.25) is 0 Å². The second-order valence-corrected chi connectivity index (χ2v) is 1.59. The first kappa shape index (κ1) is 15.9. The van der Waals surface area contributed by atoms with Gasteiger partial charge in [0.1, 0.15) is 5.78 Å². The number of hydrogen-bond acceptors (Lipinski definition) is 2. The van der Waals surface area contributed by atoms with E-state index in [-0.39, 0.29) is 31.1 Å². The van der Waals surface area contributed by atoms with Crippen LogP contribution in [0.1, 0.15) is 20.8 Å². The number of amidine groups is 1. The molecular formula is C5H12N2OZn+2. The van der Waals surface area contributed by atoms with Crippen LogP contribution in [0.15, 0.2) is 0 Å². The van der Waals surface area contributed by atoms with Crippen molar-refractivity contribution in [3.63, 3.8) is 0 Å². The van der Waals surface area contributed by atoms with Crippen molar-refractivity contribution in [3.8, 4) is 0 Å². The van der Waals surface area contributed by atoms with Crippen molar-refractivity contribution >= 4 is 11.6 Å². The van der Waals surface area contributed by atoms with Crippen molar-refractivity contribution in [1.82, 2.24) is 0 Å². The Bertz CT molecular complexity index is 73.0. The fourth-order valence-electron chi connectivity index (χ4n) is 0. The Morgan fingerprint density at radius 2 is 1.33 bits per heavy atom. The van der Waals surface area contributed by atoms with Crippen LogP contribution in [0.4, 0.5) is 0 Å². The van der Waals surface area contributed by atoms with Crippen molar-refractivity contribution < 1.29 is 24.3 Å². The van der Waals surface area contributed by atoms with Gasteiger partial charge in [-0.1, -0.05) is 0 Å². The molecule has 0 aromatic carbocycles. The Morgan fingerprint density at radius 3 is 1.33 bits per heavy atom. The van der Waals surface area contributed by atoms with Crippen LogP contribution in [0, 0.1) is 5.41 Å². The molecule has 0 rings (SSSR count). The molecule has 0 aliphatic heterocycles. The average Bonchev–Trinajstić information content (AvgIpc) is 1.25. The van der Waals surface area contributed by atoms with Crippen molar-refractivity contribution in [2.45, 2.75) is 20.8 Å². The van der Waals surface area contributed by atoms with Crippen molar-refractivity contribution in [3.05, 3.63) is 0 Å². The minimum absolute atomic E-state index is 0. The number of carbonyl (C=O) groups excluding carboxylic acids is 1. The summed E-state index contributed by atoms with van der Waals surface area (Å²) in [6.07, 6.45) is 0. The Morgan fingerprint density at radius 1 is 1.33 bits per heavy atom. The van der Waals surface area contributed by atoms with E-state index in [1.165, 1.54) is 20.8 Å². The second kappa shape index (κ2) is 10.7. The molecule has 0 aliphatic carbocycles. The molecule has 0 bridgehead atoms. The monoisotopic (exact) mass is 180 g/mol. The third-order valence-electron chi connectivity index (χ3n) is 0. The molecule has 0 aromatic rings. The molecule has 0 spiro atoms. The topological polar surface area (TPSA) is 66.9 Å². The summed E-state index contributed by atoms with van der Waals surface area (Å²) in [5.74, 6) is 0.333. The van der Waals surface area contributed by atoms with E-state index < -0.39 is 0 Å². The van der Waals surface area contributed by atoms with Gasteiger partial charge in [-0.3, -0.25) is 5.41 Å². The zero-order chi connectivity index (χ0) is 7.15. The fraction of sp³-hybridized carbons (Fsp3) is 0.600. The van der Waals surface area contributed by atoms with Gasteiger partial charge in [-0.05, 0) is 20.8 Å². The third kappa shape index (κ3) is 4610. The van der Waals surface area contributed by atoms with Crippen LogP contribution in [0.25, 0.3) is 0 Å². The molecule has 3 nitrogen and oxygen atoms in total. The molecule has 0 saturated carbocycles. The Hall–Kier alpha value is -0.237. The first-order valence-electron chi connectivity index (χ1n) is 2.24. The van der Waals surface area contributed by atoms with E-state index in [4.69, 9.17) is 11.1 Å². The molecule has 0 unspecified atom stereocenters. The summed E-state index contributed by atoms with van der Waals surface area (Å²) in [6, 6.07) is 0. The van der Waals surface area contributed by atoms with Gasteiger partial charge in [0.05, 0.1) is 5.84 Å². The summed E-state index contributed by atoms with van der Waals surface area (Å²) in [4.78, 5) is 9.44. The second-order valence-electron chi connectivity index (χ2n) is 1.59. The van der Waals surface area contributed by atoms with Crippen LogP contribution < -0.4 is 5.73 Å². The van der Waals surface area contributed by atoms with E-state index in [0.717, 1.165) is 0 Å². The van der Waals surface area contributed by atoms with Gasteiger partial charge in [-0.15, -0.1) is 0 Å². The summed E-state index contributed by atoms with van der Waals surface area (Å²) in [7, 11) is 0. The summed E-state index contributed by atoms with van der Waals surface area (Å²) < 4.78 is 0. The molecule has 0 radical (unpaired) electrons. The number of Topliss-reactive ketones (excluding diaryl/α,β-unsaturated/α-hetero) is 1. The zero-order valence-electron chi connectivity index (χ0n) is 6.19. The summed E-state index contributed by atoms with van der Waals surface area (Å²) in [5.41, 5.74) is 4.69. The molecule has 0 heterocycles. The Labute approximate surface area is 68.3 Å². The molecule has 0 fully saturated rings. The Kier molecular flexibility index (Phi) is 18.9. The molecular weight excluding hydrogens is 169 g/mol. The van der Waals surface area contributed by atoms with Crippen molar-refractivity contribution in [2.75, 3.05) is 0 Å². The van der Waals surface area contributed by atoms with Crippen LogP contribution in [0.3, 0.4) is 0 Å². The fourth-order valence-corrected chi connectivity index (χ4v) is 0. The standard InChI is InChI=1S/C3H6O.C2H6N2.Zn/c1-3(2)4;1-2(3)4;/h1-2H3;1H3,(H3,3,4);/q;;+2. The van der Waals surface area contributed by atoms with Crippen LogP contribution in [-0.2, 0) is 24.3 Å². The van der Waals surface area contributed by atoms with Crippen molar-refractivity contribution in [1.29, 1.82) is 5.41 Å². The molecule has 48 valence electrons. The van der Waals surface area contributed by atoms with E-state index in [2.05, 4.69) is 0 Å². The predicted octanol–water partition coefficient (Wildman–Crippen LogP) is 0.535. The van der Waals surface area contributed by atoms with Gasteiger partial charge in [0.15, 0.2) is 0 Å². The molecule has 3 N–H and O–H groups in total. The van der Waals surface area contributed by atoms with Gasteiger partial charge in [0.25, 0.3) is 0 Å². The maximum Gasteiger partial charge on any atom is 2.00 e. The van der Waals surface area contributed by atoms with Gasteiger partial charge in [-0.25, -0.2) is 0 Å². The normalized spacial score (nSPS) is 5.67. The summed E-state index contributed by atoms with van der Waals surface area (Å²) >= 11 is 0. The number of hydrogen-bond donors (Lipinski definition) is 2. The van der Waals surface area contributed by atoms with Gasteiger partial charge >= 0.3 is 19.5 Å². The molecule has 0 atom stereocenters. The van der Waals surface area contributed by atoms with Crippen molar-refractivity contribution in [2.24, 2.45) is 5.73 Å². The number of carbonyl (C=O) groups is 1. The number of nitrogens with two attached hydrogens (primary N) is 1. The number of rotatable bonds is 0. The quantitative estimate of drug-likeness (QED) is 0.325. The molecule has 4 heteroatoms. The first-order valence-corrected chi connectivity index (χ1v) is 2.24. The largest absolute Gasteiger partial charge is 2.00 e. The number of ketones is 1. The van der Waals surface area contributed by atoms with Gasteiger partial charge in [0, 0.05) is 0 Å². The molecule has 0 saturated heterocycles. The SMILES string of the molecule is CC(=N)N.CC(C)=O.[Zn+2]. The van der Waals surface area contributed by atoms with E-state index in [1.807, 2.05) is 0 Å². The average molecular weight is 182 g/mol. The van der Waals surface area contributed by atoms with E-state index in [0.29, 0.717) is 0 Å². The first-order chi connectivity index (χ1) is 3.46. The van der Waals surface area contributed by atoms with Gasteiger partial charge in [-0.2, -0.15) is 0 Å². The van der Waals surface area contributed by atoms with E-state index in [9.17, 15) is 4.79 Å². The zero-order valence-corrected chi connectivity index (χ0v) is 9.16. The smallest absolute Gasteiger partial charge is 0.388 e. The molecule has 9 heavy (non-hydrogen) atoms. The van der Waals surface area contributed by atoms with Gasteiger partial charge < -0.3 is 10.5 Å². The van der Waals surface area contributed by atoms with Crippen LogP contribution in [0.2, 0.25) is 0 Å². The molecule has 0 aromatic heterocycles. The summed E-state index contributed by atoms with van der Waals surface area (Å²) in [6.45, 7) is 4.58. The van der Waals surface area contributed by atoms with Crippen LogP contribution in [0.5, 0.6) is 0 Å². The number of nitrogens with one attached hydrogen (secondary N) is 1. The maximum atomic E-state index is 9.44. The minimum Gasteiger partial charge on any atom is -0.388 e. The van der Waals surface area contributed by atoms with E-state index in [1.54, 1.807) is 0 Å². The minimum atomic E-state index is 0. The Balaban J connectivity index is -0.0000000720. The van der Waals surface area contributed by atoms with Crippen LogP contribution in [-0.4, -0.2) is 11.6 Å². The molecule has 0 amide bonds. The third-order valence-corrected chi connectivity index (χ3v) is 0. The van der Waals surface area contributed by atoms with E-state index >= 15 is 0 Å². The predicted molar refractivity (Wildman–Crippen MR) is 33.9 cm³/mol. The molecule has 0 aliphatic rings.